The summed E-state index contributed by atoms with van der Waals surface area (Å²) in [5.74, 6) is -1.13. The summed E-state index contributed by atoms with van der Waals surface area (Å²) in [5, 5.41) is 0. The van der Waals surface area contributed by atoms with Crippen LogP contribution in [0, 0.1) is 0 Å². The average Bonchev–Trinajstić information content (AvgIpc) is 2.51. The molecule has 134 valence electrons. The summed E-state index contributed by atoms with van der Waals surface area (Å²) in [6, 6.07) is 7.64. The van der Waals surface area contributed by atoms with Gasteiger partial charge in [-0.1, -0.05) is 18.2 Å². The standard InChI is InChI=1S/C16H24N2O5S/c1-12(2)18(13(3)4)15(19)11-23-16(20)10-17-24(21,22)14-8-6-5-7-9-14/h5-9,12-13,17H,10-11H2,1-4H3. The molecule has 0 heterocycles. The van der Waals surface area contributed by atoms with Crippen LogP contribution in [-0.4, -0.2) is 50.4 Å². The molecule has 0 aromatic heterocycles. The van der Waals surface area contributed by atoms with Crippen LogP contribution in [0.25, 0.3) is 0 Å². The number of nitrogens with zero attached hydrogens (tertiary/aromatic N) is 1. The molecule has 0 aliphatic rings. The minimum Gasteiger partial charge on any atom is -0.455 e. The molecule has 7 nitrogen and oxygen atoms in total. The van der Waals surface area contributed by atoms with Crippen LogP contribution < -0.4 is 4.72 Å². The Bertz CT molecular complexity index is 648. The molecule has 8 heteroatoms. The van der Waals surface area contributed by atoms with Gasteiger partial charge in [0.1, 0.15) is 6.54 Å². The second-order valence-corrected chi connectivity index (χ2v) is 7.55. The van der Waals surface area contributed by atoms with Crippen molar-refractivity contribution in [2.24, 2.45) is 0 Å². The van der Waals surface area contributed by atoms with Gasteiger partial charge in [-0.2, -0.15) is 4.72 Å². The first-order valence-corrected chi connectivity index (χ1v) is 9.15. The van der Waals surface area contributed by atoms with Crippen LogP contribution in [0.4, 0.5) is 0 Å². The maximum atomic E-state index is 12.1. The molecule has 1 aromatic rings. The first-order valence-electron chi connectivity index (χ1n) is 7.66. The topological polar surface area (TPSA) is 92.8 Å². The number of esters is 1. The third-order valence-corrected chi connectivity index (χ3v) is 4.63. The zero-order chi connectivity index (χ0) is 18.3. The summed E-state index contributed by atoms with van der Waals surface area (Å²) in [5.41, 5.74) is 0. The van der Waals surface area contributed by atoms with Crippen LogP contribution in [0.15, 0.2) is 35.2 Å². The van der Waals surface area contributed by atoms with Gasteiger partial charge in [0, 0.05) is 12.1 Å². The van der Waals surface area contributed by atoms with Crippen molar-refractivity contribution in [2.45, 2.75) is 44.7 Å². The van der Waals surface area contributed by atoms with E-state index in [2.05, 4.69) is 4.72 Å². The molecule has 1 aromatic carbocycles. The van der Waals surface area contributed by atoms with Gasteiger partial charge in [-0.05, 0) is 39.8 Å². The van der Waals surface area contributed by atoms with E-state index in [9.17, 15) is 18.0 Å². The molecule has 0 radical (unpaired) electrons. The number of hydrogen-bond acceptors (Lipinski definition) is 5. The van der Waals surface area contributed by atoms with Crippen LogP contribution in [-0.2, 0) is 24.3 Å². The van der Waals surface area contributed by atoms with Gasteiger partial charge < -0.3 is 9.64 Å². The highest BCUT2D eigenvalue weighted by Gasteiger charge is 2.22. The summed E-state index contributed by atoms with van der Waals surface area (Å²) in [7, 11) is -3.78. The second-order valence-electron chi connectivity index (χ2n) is 5.79. The summed E-state index contributed by atoms with van der Waals surface area (Å²) >= 11 is 0. The van der Waals surface area contributed by atoms with Crippen LogP contribution >= 0.6 is 0 Å². The van der Waals surface area contributed by atoms with Gasteiger partial charge in [0.2, 0.25) is 10.0 Å². The Morgan fingerprint density at radius 3 is 2.12 bits per heavy atom. The normalized spacial score (nSPS) is 11.6. The van der Waals surface area contributed by atoms with Gasteiger partial charge >= 0.3 is 5.97 Å². The second kappa shape index (κ2) is 8.79. The van der Waals surface area contributed by atoms with Crippen molar-refractivity contribution in [3.63, 3.8) is 0 Å². The molecular formula is C16H24N2O5S. The van der Waals surface area contributed by atoms with Crippen molar-refractivity contribution < 1.29 is 22.7 Å². The molecular weight excluding hydrogens is 332 g/mol. The van der Waals surface area contributed by atoms with E-state index in [4.69, 9.17) is 4.74 Å². The van der Waals surface area contributed by atoms with Crippen LogP contribution in [0.5, 0.6) is 0 Å². The molecule has 0 atom stereocenters. The monoisotopic (exact) mass is 356 g/mol. The lowest BCUT2D eigenvalue weighted by atomic mass is 10.2. The lowest BCUT2D eigenvalue weighted by Crippen LogP contribution is -2.44. The highest BCUT2D eigenvalue weighted by atomic mass is 32.2. The summed E-state index contributed by atoms with van der Waals surface area (Å²) < 4.78 is 30.9. The van der Waals surface area contributed by atoms with Gasteiger partial charge in [-0.3, -0.25) is 9.59 Å². The molecule has 0 saturated heterocycles. The van der Waals surface area contributed by atoms with Crippen molar-refractivity contribution in [1.82, 2.24) is 9.62 Å². The first kappa shape index (κ1) is 20.1. The number of benzene rings is 1. The van der Waals surface area contributed by atoms with Crippen molar-refractivity contribution in [3.8, 4) is 0 Å². The fraction of sp³-hybridized carbons (Fsp3) is 0.500. The number of carbonyl (C=O) groups excluding carboxylic acids is 2. The van der Waals surface area contributed by atoms with E-state index in [0.29, 0.717) is 0 Å². The number of sulfonamides is 1. The maximum absolute atomic E-state index is 12.1. The minimum absolute atomic E-state index is 0.0206. The van der Waals surface area contributed by atoms with Crippen molar-refractivity contribution in [2.75, 3.05) is 13.2 Å². The molecule has 1 N–H and O–H groups in total. The lowest BCUT2D eigenvalue weighted by Gasteiger charge is -2.30. The molecule has 24 heavy (non-hydrogen) atoms. The highest BCUT2D eigenvalue weighted by Crippen LogP contribution is 2.07. The lowest BCUT2D eigenvalue weighted by molar-refractivity contribution is -0.152. The Morgan fingerprint density at radius 1 is 1.08 bits per heavy atom. The van der Waals surface area contributed by atoms with Gasteiger partial charge in [-0.25, -0.2) is 8.42 Å². The fourth-order valence-electron chi connectivity index (χ4n) is 2.28. The van der Waals surface area contributed by atoms with Gasteiger partial charge in [0.05, 0.1) is 4.90 Å². The summed E-state index contributed by atoms with van der Waals surface area (Å²) in [6.07, 6.45) is 0. The average molecular weight is 356 g/mol. The SMILES string of the molecule is CC(C)N(C(=O)COC(=O)CNS(=O)(=O)c1ccccc1)C(C)C. The van der Waals surface area contributed by atoms with Crippen molar-refractivity contribution >= 4 is 21.9 Å². The quantitative estimate of drug-likeness (QED) is 0.706. The van der Waals surface area contributed by atoms with Gasteiger partial charge in [0.15, 0.2) is 6.61 Å². The van der Waals surface area contributed by atoms with E-state index in [-0.39, 0.29) is 22.9 Å². The molecule has 0 unspecified atom stereocenters. The Labute approximate surface area is 143 Å². The number of nitrogens with one attached hydrogen (secondary N) is 1. The van der Waals surface area contributed by atoms with Crippen LogP contribution in [0.1, 0.15) is 27.7 Å². The number of rotatable bonds is 8. The van der Waals surface area contributed by atoms with Crippen LogP contribution in [0.3, 0.4) is 0 Å². The zero-order valence-electron chi connectivity index (χ0n) is 14.4. The van der Waals surface area contributed by atoms with E-state index in [0.717, 1.165) is 0 Å². The minimum atomic E-state index is -3.78. The molecule has 1 rings (SSSR count). The first-order chi connectivity index (χ1) is 11.1. The molecule has 0 aliphatic carbocycles. The Morgan fingerprint density at radius 2 is 1.62 bits per heavy atom. The number of amides is 1. The highest BCUT2D eigenvalue weighted by molar-refractivity contribution is 7.89. The smallest absolute Gasteiger partial charge is 0.321 e. The molecule has 0 aliphatic heterocycles. The summed E-state index contributed by atoms with van der Waals surface area (Å²) in [4.78, 5) is 25.4. The third kappa shape index (κ3) is 5.93. The van der Waals surface area contributed by atoms with Crippen LogP contribution in [0.2, 0.25) is 0 Å². The predicted molar refractivity (Wildman–Crippen MR) is 89.7 cm³/mol. The number of carbonyl (C=O) groups is 2. The van der Waals surface area contributed by atoms with Gasteiger partial charge in [-0.15, -0.1) is 0 Å². The number of hydrogen-bond donors (Lipinski definition) is 1. The van der Waals surface area contributed by atoms with E-state index in [1.54, 1.807) is 23.1 Å². The Hall–Kier alpha value is -1.93. The van der Waals surface area contributed by atoms with Gasteiger partial charge in [0.25, 0.3) is 5.91 Å². The molecule has 0 bridgehead atoms. The molecule has 0 spiro atoms. The van der Waals surface area contributed by atoms with Crippen molar-refractivity contribution in [1.29, 1.82) is 0 Å². The largest absolute Gasteiger partial charge is 0.455 e. The predicted octanol–water partition coefficient (Wildman–Crippen LogP) is 1.15. The zero-order valence-corrected chi connectivity index (χ0v) is 15.2. The Kier molecular flexibility index (Phi) is 7.37. The van der Waals surface area contributed by atoms with E-state index < -0.39 is 29.1 Å². The van der Waals surface area contributed by atoms with E-state index in [1.165, 1.54) is 12.1 Å². The molecule has 0 saturated carbocycles. The fourth-order valence-corrected chi connectivity index (χ4v) is 3.27. The number of ether oxygens (including phenoxy) is 1. The third-order valence-electron chi connectivity index (χ3n) is 3.22. The van der Waals surface area contributed by atoms with Crippen molar-refractivity contribution in [3.05, 3.63) is 30.3 Å². The van der Waals surface area contributed by atoms with E-state index in [1.807, 2.05) is 27.7 Å². The van der Waals surface area contributed by atoms with E-state index >= 15 is 0 Å². The Balaban J connectivity index is 2.51. The maximum Gasteiger partial charge on any atom is 0.321 e. The molecule has 1 amide bonds. The summed E-state index contributed by atoms with van der Waals surface area (Å²) in [6.45, 7) is 6.53. The molecule has 0 fully saturated rings.